The van der Waals surface area contributed by atoms with E-state index in [0.29, 0.717) is 29.2 Å². The minimum Gasteiger partial charge on any atom is -0.501 e. The number of rotatable bonds is 5. The highest BCUT2D eigenvalue weighted by atomic mass is 16.4. The number of hydrogen-bond donors (Lipinski definition) is 2. The molecule has 37 heavy (non-hydrogen) atoms. The number of oxazole rings is 1. The van der Waals surface area contributed by atoms with Crippen LogP contribution in [0.3, 0.4) is 0 Å². The van der Waals surface area contributed by atoms with Gasteiger partial charge in [-0.25, -0.2) is 9.97 Å². The molecule has 0 radical (unpaired) electrons. The summed E-state index contributed by atoms with van der Waals surface area (Å²) in [6, 6.07) is 22.3. The average molecular weight is 494 g/mol. The van der Waals surface area contributed by atoms with Crippen molar-refractivity contribution in [2.45, 2.75) is 12.6 Å². The normalized spacial score (nSPS) is 13.4. The summed E-state index contributed by atoms with van der Waals surface area (Å²) in [6.07, 6.45) is 0. The van der Waals surface area contributed by atoms with Gasteiger partial charge in [0, 0.05) is 26.2 Å². The van der Waals surface area contributed by atoms with Crippen molar-refractivity contribution in [1.29, 1.82) is 0 Å². The molecule has 1 amide bonds. The Balaban J connectivity index is 1.52. The van der Waals surface area contributed by atoms with Crippen LogP contribution in [0.15, 0.2) is 82.0 Å². The van der Waals surface area contributed by atoms with Crippen molar-refractivity contribution in [2.75, 3.05) is 11.9 Å². The van der Waals surface area contributed by atoms with E-state index in [1.807, 2.05) is 72.6 Å². The van der Waals surface area contributed by atoms with Gasteiger partial charge in [-0.3, -0.25) is 14.2 Å². The first-order chi connectivity index (χ1) is 17.9. The average Bonchev–Trinajstić information content (AvgIpc) is 3.51. The summed E-state index contributed by atoms with van der Waals surface area (Å²) in [5, 5.41) is 13.6. The summed E-state index contributed by atoms with van der Waals surface area (Å²) in [7, 11) is 3.37. The second kappa shape index (κ2) is 8.63. The number of benzene rings is 3. The van der Waals surface area contributed by atoms with E-state index >= 15 is 0 Å². The lowest BCUT2D eigenvalue weighted by atomic mass is 9.94. The highest BCUT2D eigenvalue weighted by Gasteiger charge is 2.28. The minimum atomic E-state index is -0.630. The van der Waals surface area contributed by atoms with Crippen molar-refractivity contribution in [3.05, 3.63) is 105 Å². The molecule has 0 bridgehead atoms. The number of aromatic nitrogens is 3. The Morgan fingerprint density at radius 1 is 1.00 bits per heavy atom. The van der Waals surface area contributed by atoms with E-state index in [1.165, 1.54) is 4.57 Å². The van der Waals surface area contributed by atoms with Crippen LogP contribution in [-0.2, 0) is 13.6 Å². The van der Waals surface area contributed by atoms with E-state index in [0.717, 1.165) is 16.7 Å². The fraction of sp³-hybridized carbons (Fsp3) is 0.143. The summed E-state index contributed by atoms with van der Waals surface area (Å²) in [6.45, 7) is 0.502. The smallest absolute Gasteiger partial charge is 0.297 e. The molecule has 6 rings (SSSR count). The standard InChI is InChI=1S/C28H23N5O4/c1-32(23(16-8-4-3-5-9-16)17-12-13-18-15-29-25(35)19(18)14-17)28-31-22(24(34)27(36)33(28)2)26-30-20-10-6-7-11-21(20)37-26/h3-14,23,34H,15H2,1-2H3,(H,29,35). The quantitative estimate of drug-likeness (QED) is 0.383. The summed E-state index contributed by atoms with van der Waals surface area (Å²) in [4.78, 5) is 36.4. The molecule has 3 heterocycles. The molecule has 9 heteroatoms. The number of nitrogens with zero attached hydrogens (tertiary/aromatic N) is 4. The first-order valence-corrected chi connectivity index (χ1v) is 11.8. The number of anilines is 1. The van der Waals surface area contributed by atoms with Crippen LogP contribution >= 0.6 is 0 Å². The second-order valence-electron chi connectivity index (χ2n) is 8.98. The van der Waals surface area contributed by atoms with Crippen LogP contribution in [0.1, 0.15) is 33.1 Å². The molecule has 9 nitrogen and oxygen atoms in total. The molecule has 0 fully saturated rings. The van der Waals surface area contributed by atoms with E-state index in [9.17, 15) is 14.7 Å². The van der Waals surface area contributed by atoms with Gasteiger partial charge in [0.25, 0.3) is 17.4 Å². The summed E-state index contributed by atoms with van der Waals surface area (Å²) >= 11 is 0. The molecule has 0 spiro atoms. The number of para-hydroxylation sites is 2. The van der Waals surface area contributed by atoms with Crippen LogP contribution in [0, 0.1) is 0 Å². The molecule has 2 aromatic heterocycles. The van der Waals surface area contributed by atoms with Crippen molar-refractivity contribution < 1.29 is 14.3 Å². The van der Waals surface area contributed by atoms with Gasteiger partial charge in [0.2, 0.25) is 11.7 Å². The minimum absolute atomic E-state index is 0.0405. The third-order valence-corrected chi connectivity index (χ3v) is 6.69. The zero-order valence-electron chi connectivity index (χ0n) is 20.2. The fourth-order valence-corrected chi connectivity index (χ4v) is 4.81. The number of amides is 1. The summed E-state index contributed by atoms with van der Waals surface area (Å²) in [5.41, 5.74) is 3.81. The number of fused-ring (bicyclic) bond motifs is 2. The topological polar surface area (TPSA) is 113 Å². The number of carbonyl (C=O) groups is 1. The number of hydrogen-bond acceptors (Lipinski definition) is 7. The van der Waals surface area contributed by atoms with E-state index in [2.05, 4.69) is 15.3 Å². The van der Waals surface area contributed by atoms with Gasteiger partial charge >= 0.3 is 0 Å². The molecular formula is C28H23N5O4. The van der Waals surface area contributed by atoms with Gasteiger partial charge < -0.3 is 19.7 Å². The van der Waals surface area contributed by atoms with Crippen LogP contribution < -0.4 is 15.8 Å². The largest absolute Gasteiger partial charge is 0.501 e. The van der Waals surface area contributed by atoms with Crippen molar-refractivity contribution >= 4 is 23.0 Å². The number of nitrogens with one attached hydrogen (secondary N) is 1. The maximum Gasteiger partial charge on any atom is 0.297 e. The van der Waals surface area contributed by atoms with Crippen LogP contribution in [0.25, 0.3) is 22.7 Å². The van der Waals surface area contributed by atoms with E-state index in [4.69, 9.17) is 4.42 Å². The van der Waals surface area contributed by atoms with Gasteiger partial charge in [-0.1, -0.05) is 54.6 Å². The molecule has 0 saturated heterocycles. The van der Waals surface area contributed by atoms with Crippen LogP contribution in [0.5, 0.6) is 5.75 Å². The maximum atomic E-state index is 13.1. The molecular weight excluding hydrogens is 470 g/mol. The van der Waals surface area contributed by atoms with Crippen LogP contribution in [-0.4, -0.2) is 32.6 Å². The zero-order chi connectivity index (χ0) is 25.7. The van der Waals surface area contributed by atoms with Gasteiger partial charge in [0.1, 0.15) is 5.52 Å². The van der Waals surface area contributed by atoms with Crippen LogP contribution in [0.2, 0.25) is 0 Å². The monoisotopic (exact) mass is 493 g/mol. The molecule has 1 aliphatic rings. The highest BCUT2D eigenvalue weighted by Crippen LogP contribution is 2.35. The second-order valence-corrected chi connectivity index (χ2v) is 8.98. The van der Waals surface area contributed by atoms with E-state index in [-0.39, 0.29) is 23.5 Å². The molecule has 5 aromatic rings. The van der Waals surface area contributed by atoms with E-state index in [1.54, 1.807) is 19.2 Å². The Hall–Kier alpha value is -4.92. The molecule has 1 aliphatic heterocycles. The Morgan fingerprint density at radius 3 is 2.54 bits per heavy atom. The van der Waals surface area contributed by atoms with Gasteiger partial charge in [-0.05, 0) is 34.9 Å². The number of carbonyl (C=O) groups excluding carboxylic acids is 1. The van der Waals surface area contributed by atoms with Gasteiger partial charge in [-0.2, -0.15) is 0 Å². The lowest BCUT2D eigenvalue weighted by Gasteiger charge is -2.31. The molecule has 1 atom stereocenters. The summed E-state index contributed by atoms with van der Waals surface area (Å²) in [5.74, 6) is -0.313. The molecule has 184 valence electrons. The molecule has 0 aliphatic carbocycles. The highest BCUT2D eigenvalue weighted by molar-refractivity contribution is 5.98. The maximum absolute atomic E-state index is 13.1. The van der Waals surface area contributed by atoms with Crippen molar-refractivity contribution in [1.82, 2.24) is 19.9 Å². The third-order valence-electron chi connectivity index (χ3n) is 6.69. The fourth-order valence-electron chi connectivity index (χ4n) is 4.81. The predicted octanol–water partition coefficient (Wildman–Crippen LogP) is 3.76. The molecule has 0 saturated carbocycles. The van der Waals surface area contributed by atoms with Gasteiger partial charge in [0.05, 0.1) is 6.04 Å². The Kier molecular flexibility index (Phi) is 5.26. The first-order valence-electron chi connectivity index (χ1n) is 11.8. The van der Waals surface area contributed by atoms with Crippen molar-refractivity contribution in [3.8, 4) is 17.3 Å². The zero-order valence-corrected chi connectivity index (χ0v) is 20.2. The molecule has 1 unspecified atom stereocenters. The predicted molar refractivity (Wildman–Crippen MR) is 138 cm³/mol. The van der Waals surface area contributed by atoms with Crippen molar-refractivity contribution in [3.63, 3.8) is 0 Å². The van der Waals surface area contributed by atoms with Crippen molar-refractivity contribution in [2.24, 2.45) is 7.05 Å². The van der Waals surface area contributed by atoms with E-state index < -0.39 is 11.3 Å². The number of aromatic hydroxyl groups is 1. The lowest BCUT2D eigenvalue weighted by Crippen LogP contribution is -2.33. The third kappa shape index (κ3) is 3.72. The SMILES string of the molecule is CN(c1nc(-c2nc3ccccc3o2)c(O)c(=O)n1C)C(c1ccccc1)c1ccc2c(c1)C(=O)NC2. The first kappa shape index (κ1) is 22.5. The Bertz CT molecular complexity index is 1690. The van der Waals surface area contributed by atoms with Gasteiger partial charge in [0.15, 0.2) is 11.3 Å². The Morgan fingerprint density at radius 2 is 1.76 bits per heavy atom. The lowest BCUT2D eigenvalue weighted by molar-refractivity contribution is 0.0965. The Labute approximate surface area is 211 Å². The molecule has 2 N–H and O–H groups in total. The van der Waals surface area contributed by atoms with Crippen LogP contribution in [0.4, 0.5) is 5.95 Å². The van der Waals surface area contributed by atoms with Gasteiger partial charge in [-0.15, -0.1) is 0 Å². The summed E-state index contributed by atoms with van der Waals surface area (Å²) < 4.78 is 7.10. The molecule has 3 aromatic carbocycles.